The zero-order valence-corrected chi connectivity index (χ0v) is 10.4. The van der Waals surface area contributed by atoms with Crippen LogP contribution < -0.4 is 11.1 Å². The number of carbonyl (C=O) groups excluding carboxylic acids is 2. The molecule has 1 rings (SSSR count). The smallest absolute Gasteiger partial charge is 0.326 e. The number of carboxylic acids is 1. The van der Waals surface area contributed by atoms with E-state index in [1.165, 1.54) is 6.20 Å². The number of carbonyl (C=O) groups is 3. The topological polar surface area (TPSA) is 122 Å². The summed E-state index contributed by atoms with van der Waals surface area (Å²) in [4.78, 5) is 37.4. The Kier molecular flexibility index (Phi) is 4.99. The van der Waals surface area contributed by atoms with Gasteiger partial charge in [0.25, 0.3) is 5.91 Å². The number of aryl methyl sites for hydroxylation is 1. The van der Waals surface area contributed by atoms with Crippen LogP contribution in [0.3, 0.4) is 0 Å². The molecule has 0 spiro atoms. The number of amides is 2. The number of primary amides is 1. The van der Waals surface area contributed by atoms with Gasteiger partial charge in [0.05, 0.1) is 0 Å². The normalized spacial score (nSPS) is 11.6. The van der Waals surface area contributed by atoms with E-state index in [1.807, 2.05) is 0 Å². The number of nitrogens with one attached hydrogen (secondary N) is 1. The number of rotatable bonds is 6. The van der Waals surface area contributed by atoms with Crippen LogP contribution in [0.4, 0.5) is 0 Å². The van der Waals surface area contributed by atoms with Crippen LogP contribution in [-0.2, 0) is 9.59 Å². The second-order valence-electron chi connectivity index (χ2n) is 4.04. The lowest BCUT2D eigenvalue weighted by atomic mass is 10.1. The number of nitrogens with zero attached hydrogens (tertiary/aromatic N) is 1. The lowest BCUT2D eigenvalue weighted by Crippen LogP contribution is -2.41. The summed E-state index contributed by atoms with van der Waals surface area (Å²) in [5, 5.41) is 11.3. The lowest BCUT2D eigenvalue weighted by Gasteiger charge is -2.14. The molecular weight excluding hydrogens is 250 g/mol. The van der Waals surface area contributed by atoms with Crippen molar-refractivity contribution in [2.75, 3.05) is 0 Å². The Labute approximate surface area is 109 Å². The van der Waals surface area contributed by atoms with Gasteiger partial charge in [0.2, 0.25) is 5.91 Å². The van der Waals surface area contributed by atoms with Gasteiger partial charge in [-0.1, -0.05) is 6.07 Å². The molecule has 0 saturated carbocycles. The largest absolute Gasteiger partial charge is 0.480 e. The van der Waals surface area contributed by atoms with Crippen molar-refractivity contribution in [2.24, 2.45) is 5.73 Å². The molecule has 102 valence electrons. The van der Waals surface area contributed by atoms with E-state index >= 15 is 0 Å². The molecule has 4 N–H and O–H groups in total. The first-order valence-electron chi connectivity index (χ1n) is 5.65. The number of pyridine rings is 1. The van der Waals surface area contributed by atoms with Crippen LogP contribution in [0.1, 0.15) is 28.9 Å². The van der Waals surface area contributed by atoms with Crippen LogP contribution in [0.5, 0.6) is 0 Å². The Hall–Kier alpha value is -2.44. The molecule has 7 heteroatoms. The number of hydrogen-bond donors (Lipinski definition) is 3. The summed E-state index contributed by atoms with van der Waals surface area (Å²) < 4.78 is 0. The number of aromatic nitrogens is 1. The minimum atomic E-state index is -1.22. The standard InChI is InChI=1S/C12H15N3O4/c1-7-3-2-6-14-10(7)11(17)15-8(12(18)19)4-5-9(13)16/h2-3,6,8H,4-5H2,1H3,(H2,13,16)(H,15,17)(H,18,19). The van der Waals surface area contributed by atoms with Crippen LogP contribution in [0, 0.1) is 6.92 Å². The highest BCUT2D eigenvalue weighted by Gasteiger charge is 2.22. The van der Waals surface area contributed by atoms with E-state index in [2.05, 4.69) is 10.3 Å². The molecule has 1 atom stereocenters. The first-order chi connectivity index (χ1) is 8.91. The first-order valence-corrected chi connectivity index (χ1v) is 5.65. The average Bonchev–Trinajstić information content (AvgIpc) is 2.34. The summed E-state index contributed by atoms with van der Waals surface area (Å²) >= 11 is 0. The van der Waals surface area contributed by atoms with Crippen molar-refractivity contribution in [3.8, 4) is 0 Å². The predicted molar refractivity (Wildman–Crippen MR) is 66.3 cm³/mol. The highest BCUT2D eigenvalue weighted by atomic mass is 16.4. The Balaban J connectivity index is 2.74. The minimum Gasteiger partial charge on any atom is -0.480 e. The highest BCUT2D eigenvalue weighted by molar-refractivity contribution is 5.96. The molecule has 1 aromatic heterocycles. The van der Waals surface area contributed by atoms with E-state index in [0.29, 0.717) is 5.56 Å². The number of aliphatic carboxylic acids is 1. The minimum absolute atomic E-state index is 0.0533. The molecule has 0 saturated heterocycles. The maximum absolute atomic E-state index is 11.9. The average molecular weight is 265 g/mol. The zero-order valence-electron chi connectivity index (χ0n) is 10.4. The predicted octanol–water partition coefficient (Wildman–Crippen LogP) is -0.161. The molecule has 1 heterocycles. The van der Waals surface area contributed by atoms with E-state index in [1.54, 1.807) is 19.1 Å². The second kappa shape index (κ2) is 6.48. The van der Waals surface area contributed by atoms with Gasteiger partial charge in [0.1, 0.15) is 11.7 Å². The van der Waals surface area contributed by atoms with Gasteiger partial charge in [-0.2, -0.15) is 0 Å². The van der Waals surface area contributed by atoms with Gasteiger partial charge in [-0.25, -0.2) is 4.79 Å². The fourth-order valence-corrected chi connectivity index (χ4v) is 1.49. The summed E-state index contributed by atoms with van der Waals surface area (Å²) in [6.07, 6.45) is 1.28. The fraction of sp³-hybridized carbons (Fsp3) is 0.333. The molecule has 7 nitrogen and oxygen atoms in total. The maximum Gasteiger partial charge on any atom is 0.326 e. The summed E-state index contributed by atoms with van der Waals surface area (Å²) in [6, 6.07) is 2.20. The zero-order chi connectivity index (χ0) is 14.4. The molecule has 1 aromatic rings. The number of carboxylic acid groups (broad SMARTS) is 1. The molecule has 19 heavy (non-hydrogen) atoms. The molecule has 0 bridgehead atoms. The summed E-state index contributed by atoms with van der Waals surface area (Å²) in [5.74, 6) is -2.42. The van der Waals surface area contributed by atoms with E-state index in [-0.39, 0.29) is 18.5 Å². The highest BCUT2D eigenvalue weighted by Crippen LogP contribution is 2.05. The van der Waals surface area contributed by atoms with Gasteiger partial charge in [0.15, 0.2) is 0 Å². The Morgan fingerprint density at radius 1 is 1.47 bits per heavy atom. The van der Waals surface area contributed by atoms with Crippen molar-refractivity contribution in [2.45, 2.75) is 25.8 Å². The van der Waals surface area contributed by atoms with Crippen LogP contribution >= 0.6 is 0 Å². The number of nitrogens with two attached hydrogens (primary N) is 1. The molecular formula is C12H15N3O4. The second-order valence-corrected chi connectivity index (χ2v) is 4.04. The van der Waals surface area contributed by atoms with Crippen molar-refractivity contribution in [1.29, 1.82) is 0 Å². The van der Waals surface area contributed by atoms with Crippen LogP contribution in [0.25, 0.3) is 0 Å². The Bertz CT molecular complexity index is 502. The third-order valence-electron chi connectivity index (χ3n) is 2.51. The van der Waals surface area contributed by atoms with Crippen LogP contribution in [0.2, 0.25) is 0 Å². The third kappa shape index (κ3) is 4.38. The van der Waals surface area contributed by atoms with Gasteiger partial charge in [-0.05, 0) is 25.0 Å². The molecule has 1 unspecified atom stereocenters. The van der Waals surface area contributed by atoms with Gasteiger partial charge in [0, 0.05) is 12.6 Å². The fourth-order valence-electron chi connectivity index (χ4n) is 1.49. The monoisotopic (exact) mass is 265 g/mol. The van der Waals surface area contributed by atoms with E-state index in [4.69, 9.17) is 10.8 Å². The summed E-state index contributed by atoms with van der Waals surface area (Å²) in [5.41, 5.74) is 5.75. The van der Waals surface area contributed by atoms with Crippen LogP contribution in [0.15, 0.2) is 18.3 Å². The maximum atomic E-state index is 11.9. The molecule has 0 radical (unpaired) electrons. The molecule has 0 aromatic carbocycles. The Morgan fingerprint density at radius 3 is 2.68 bits per heavy atom. The van der Waals surface area contributed by atoms with E-state index in [0.717, 1.165) is 0 Å². The molecule has 0 aliphatic carbocycles. The first kappa shape index (κ1) is 14.6. The van der Waals surface area contributed by atoms with Crippen molar-refractivity contribution < 1.29 is 19.5 Å². The SMILES string of the molecule is Cc1cccnc1C(=O)NC(CCC(N)=O)C(=O)O. The third-order valence-corrected chi connectivity index (χ3v) is 2.51. The van der Waals surface area contributed by atoms with E-state index in [9.17, 15) is 14.4 Å². The van der Waals surface area contributed by atoms with Crippen molar-refractivity contribution in [1.82, 2.24) is 10.3 Å². The van der Waals surface area contributed by atoms with Crippen molar-refractivity contribution in [3.05, 3.63) is 29.6 Å². The summed E-state index contributed by atoms with van der Waals surface area (Å²) in [7, 11) is 0. The van der Waals surface area contributed by atoms with Crippen LogP contribution in [-0.4, -0.2) is 33.9 Å². The van der Waals surface area contributed by atoms with Gasteiger partial charge >= 0.3 is 5.97 Å². The molecule has 0 aliphatic heterocycles. The molecule has 2 amide bonds. The van der Waals surface area contributed by atoms with Crippen molar-refractivity contribution >= 4 is 17.8 Å². The van der Waals surface area contributed by atoms with Gasteiger partial charge < -0.3 is 16.2 Å². The Morgan fingerprint density at radius 2 is 2.16 bits per heavy atom. The van der Waals surface area contributed by atoms with Crippen molar-refractivity contribution in [3.63, 3.8) is 0 Å². The van der Waals surface area contributed by atoms with E-state index < -0.39 is 23.8 Å². The van der Waals surface area contributed by atoms with Gasteiger partial charge in [-0.3, -0.25) is 14.6 Å². The lowest BCUT2D eigenvalue weighted by molar-refractivity contribution is -0.139. The van der Waals surface area contributed by atoms with Gasteiger partial charge in [-0.15, -0.1) is 0 Å². The molecule has 0 fully saturated rings. The molecule has 0 aliphatic rings. The quantitative estimate of drug-likeness (QED) is 0.659. The number of hydrogen-bond acceptors (Lipinski definition) is 4. The summed E-state index contributed by atoms with van der Waals surface area (Å²) in [6.45, 7) is 1.70.